The van der Waals surface area contributed by atoms with E-state index in [1.807, 2.05) is 0 Å². The SMILES string of the molecule is COC(=O)NC(=S)NCCn1ncccc1=O. The van der Waals surface area contributed by atoms with Gasteiger partial charge >= 0.3 is 6.09 Å². The molecular formula is C9H12N4O3S. The Balaban J connectivity index is 2.33. The maximum absolute atomic E-state index is 11.3. The predicted octanol–water partition coefficient (Wildman–Crippen LogP) is -0.526. The molecule has 0 aromatic carbocycles. The zero-order chi connectivity index (χ0) is 12.7. The van der Waals surface area contributed by atoms with Crippen molar-refractivity contribution in [1.29, 1.82) is 0 Å². The van der Waals surface area contributed by atoms with Crippen LogP contribution in [0, 0.1) is 0 Å². The number of ether oxygens (including phenoxy) is 1. The van der Waals surface area contributed by atoms with Gasteiger partial charge in [-0.3, -0.25) is 10.1 Å². The van der Waals surface area contributed by atoms with Gasteiger partial charge in [0.15, 0.2) is 5.11 Å². The van der Waals surface area contributed by atoms with Crippen molar-refractivity contribution in [2.45, 2.75) is 6.54 Å². The maximum Gasteiger partial charge on any atom is 0.413 e. The number of nitrogens with zero attached hydrogens (tertiary/aromatic N) is 2. The fourth-order valence-electron chi connectivity index (χ4n) is 1.02. The molecule has 1 rings (SSSR count). The van der Waals surface area contributed by atoms with E-state index in [1.165, 1.54) is 24.1 Å². The van der Waals surface area contributed by atoms with Crippen LogP contribution in [0.5, 0.6) is 0 Å². The number of carbonyl (C=O) groups excluding carboxylic acids is 1. The summed E-state index contributed by atoms with van der Waals surface area (Å²) in [6, 6.07) is 2.98. The Bertz CT molecular complexity index is 460. The Hall–Kier alpha value is -1.96. The Labute approximate surface area is 103 Å². The number of alkyl carbamates (subject to hydrolysis) is 1. The average molecular weight is 256 g/mol. The molecule has 92 valence electrons. The van der Waals surface area contributed by atoms with Gasteiger partial charge in [-0.2, -0.15) is 5.10 Å². The zero-order valence-electron chi connectivity index (χ0n) is 9.17. The second-order valence-corrected chi connectivity index (χ2v) is 3.37. The zero-order valence-corrected chi connectivity index (χ0v) is 9.99. The Kier molecular flexibility index (Phi) is 5.08. The highest BCUT2D eigenvalue weighted by Gasteiger charge is 2.02. The third-order valence-corrected chi connectivity index (χ3v) is 2.04. The number of aromatic nitrogens is 2. The number of hydrogen-bond acceptors (Lipinski definition) is 5. The lowest BCUT2D eigenvalue weighted by molar-refractivity contribution is 0.176. The Morgan fingerprint density at radius 3 is 3.06 bits per heavy atom. The summed E-state index contributed by atoms with van der Waals surface area (Å²) in [5, 5.41) is 9.03. The van der Waals surface area contributed by atoms with Crippen molar-refractivity contribution >= 4 is 23.4 Å². The molecule has 0 aliphatic carbocycles. The summed E-state index contributed by atoms with van der Waals surface area (Å²) in [5.41, 5.74) is -0.193. The minimum absolute atomic E-state index is 0.140. The number of rotatable bonds is 3. The summed E-state index contributed by atoms with van der Waals surface area (Å²) in [7, 11) is 1.24. The van der Waals surface area contributed by atoms with Gasteiger partial charge in [0.1, 0.15) is 0 Å². The third-order valence-electron chi connectivity index (χ3n) is 1.80. The fourth-order valence-corrected chi connectivity index (χ4v) is 1.20. The highest BCUT2D eigenvalue weighted by Crippen LogP contribution is 1.77. The van der Waals surface area contributed by atoms with Gasteiger partial charge in [-0.25, -0.2) is 9.48 Å². The summed E-state index contributed by atoms with van der Waals surface area (Å²) in [6.07, 6.45) is 0.879. The molecule has 17 heavy (non-hydrogen) atoms. The molecule has 0 aliphatic rings. The lowest BCUT2D eigenvalue weighted by atomic mass is 10.5. The molecule has 1 heterocycles. The van der Waals surface area contributed by atoms with Crippen molar-refractivity contribution in [3.05, 3.63) is 28.7 Å². The summed E-state index contributed by atoms with van der Waals surface area (Å²) in [6.45, 7) is 0.725. The van der Waals surface area contributed by atoms with E-state index in [-0.39, 0.29) is 10.7 Å². The van der Waals surface area contributed by atoms with Gasteiger partial charge in [0, 0.05) is 18.8 Å². The van der Waals surface area contributed by atoms with E-state index in [2.05, 4.69) is 20.5 Å². The van der Waals surface area contributed by atoms with Crippen LogP contribution in [0.2, 0.25) is 0 Å². The summed E-state index contributed by atoms with van der Waals surface area (Å²) < 4.78 is 5.64. The molecule has 0 saturated carbocycles. The predicted molar refractivity (Wildman–Crippen MR) is 64.6 cm³/mol. The van der Waals surface area contributed by atoms with Crippen molar-refractivity contribution in [1.82, 2.24) is 20.4 Å². The van der Waals surface area contributed by atoms with Gasteiger partial charge in [0.05, 0.1) is 13.7 Å². The number of amides is 1. The van der Waals surface area contributed by atoms with Gasteiger partial charge in [0.2, 0.25) is 0 Å². The summed E-state index contributed by atoms with van der Waals surface area (Å²) in [4.78, 5) is 22.1. The smallest absolute Gasteiger partial charge is 0.413 e. The molecular weight excluding hydrogens is 244 g/mol. The van der Waals surface area contributed by atoms with Crippen LogP contribution in [0.1, 0.15) is 0 Å². The number of methoxy groups -OCH3 is 1. The number of nitrogens with one attached hydrogen (secondary N) is 2. The molecule has 2 N–H and O–H groups in total. The lowest BCUT2D eigenvalue weighted by Gasteiger charge is -2.08. The van der Waals surface area contributed by atoms with Crippen LogP contribution in [0.4, 0.5) is 4.79 Å². The monoisotopic (exact) mass is 256 g/mol. The van der Waals surface area contributed by atoms with Crippen LogP contribution in [0.3, 0.4) is 0 Å². The second-order valence-electron chi connectivity index (χ2n) is 2.96. The molecule has 1 amide bonds. The number of thiocarbonyl (C=S) groups is 1. The molecule has 8 heteroatoms. The van der Waals surface area contributed by atoms with Crippen LogP contribution in [0.15, 0.2) is 23.1 Å². The first kappa shape index (κ1) is 13.1. The Morgan fingerprint density at radius 2 is 2.41 bits per heavy atom. The van der Waals surface area contributed by atoms with Crippen molar-refractivity contribution in [2.75, 3.05) is 13.7 Å². The highest BCUT2D eigenvalue weighted by atomic mass is 32.1. The van der Waals surface area contributed by atoms with Crippen molar-refractivity contribution < 1.29 is 9.53 Å². The van der Waals surface area contributed by atoms with Crippen molar-refractivity contribution in [2.24, 2.45) is 0 Å². The van der Waals surface area contributed by atoms with E-state index in [1.54, 1.807) is 6.07 Å². The molecule has 0 fully saturated rings. The molecule has 1 aromatic heterocycles. The molecule has 0 unspecified atom stereocenters. The fraction of sp³-hybridized carbons (Fsp3) is 0.333. The van der Waals surface area contributed by atoms with E-state index < -0.39 is 6.09 Å². The van der Waals surface area contributed by atoms with Crippen molar-refractivity contribution in [3.8, 4) is 0 Å². The quantitative estimate of drug-likeness (QED) is 0.707. The molecule has 0 atom stereocenters. The second kappa shape index (κ2) is 6.59. The lowest BCUT2D eigenvalue weighted by Crippen LogP contribution is -2.41. The molecule has 0 aliphatic heterocycles. The van der Waals surface area contributed by atoms with Gasteiger partial charge in [-0.15, -0.1) is 0 Å². The standard InChI is InChI=1S/C9H12N4O3S/c1-16-9(15)12-8(17)10-5-6-13-7(14)3-2-4-11-13/h2-4H,5-6H2,1H3,(H2,10,12,15,17). The van der Waals surface area contributed by atoms with Crippen LogP contribution in [-0.4, -0.2) is 34.6 Å². The largest absolute Gasteiger partial charge is 0.453 e. The molecule has 0 saturated heterocycles. The normalized spacial score (nSPS) is 9.47. The highest BCUT2D eigenvalue weighted by molar-refractivity contribution is 7.80. The van der Waals surface area contributed by atoms with Crippen LogP contribution >= 0.6 is 12.2 Å². The van der Waals surface area contributed by atoms with Crippen LogP contribution < -0.4 is 16.2 Å². The molecule has 0 radical (unpaired) electrons. The molecule has 7 nitrogen and oxygen atoms in total. The van der Waals surface area contributed by atoms with E-state index >= 15 is 0 Å². The summed E-state index contributed by atoms with van der Waals surface area (Å²) in [5.74, 6) is 0. The number of hydrogen-bond donors (Lipinski definition) is 2. The van der Waals surface area contributed by atoms with E-state index in [4.69, 9.17) is 12.2 Å². The first-order valence-electron chi connectivity index (χ1n) is 4.78. The molecule has 0 bridgehead atoms. The minimum Gasteiger partial charge on any atom is -0.453 e. The molecule has 1 aromatic rings. The topological polar surface area (TPSA) is 85.2 Å². The van der Waals surface area contributed by atoms with Gasteiger partial charge in [-0.05, 0) is 18.3 Å². The maximum atomic E-state index is 11.3. The molecule has 0 spiro atoms. The Morgan fingerprint density at radius 1 is 1.65 bits per heavy atom. The average Bonchev–Trinajstić information content (AvgIpc) is 2.31. The first-order valence-corrected chi connectivity index (χ1v) is 5.19. The minimum atomic E-state index is -0.641. The van der Waals surface area contributed by atoms with E-state index in [9.17, 15) is 9.59 Å². The van der Waals surface area contributed by atoms with Crippen LogP contribution in [-0.2, 0) is 11.3 Å². The van der Waals surface area contributed by atoms with E-state index in [0.717, 1.165) is 0 Å². The third kappa shape index (κ3) is 4.60. The first-order chi connectivity index (χ1) is 8.13. The van der Waals surface area contributed by atoms with Crippen LogP contribution in [0.25, 0.3) is 0 Å². The summed E-state index contributed by atoms with van der Waals surface area (Å²) >= 11 is 4.81. The van der Waals surface area contributed by atoms with Crippen molar-refractivity contribution in [3.63, 3.8) is 0 Å². The number of carbonyl (C=O) groups is 1. The van der Waals surface area contributed by atoms with E-state index in [0.29, 0.717) is 13.1 Å². The van der Waals surface area contributed by atoms with Gasteiger partial charge < -0.3 is 10.1 Å². The van der Waals surface area contributed by atoms with Gasteiger partial charge in [-0.1, -0.05) is 0 Å². The van der Waals surface area contributed by atoms with Gasteiger partial charge in [0.25, 0.3) is 5.56 Å².